The zero-order valence-electron chi connectivity index (χ0n) is 15.5. The van der Waals surface area contributed by atoms with Crippen LogP contribution in [0.3, 0.4) is 0 Å². The van der Waals surface area contributed by atoms with Gasteiger partial charge in [0.15, 0.2) is 0 Å². The molecule has 3 aromatic rings. The molecule has 0 saturated heterocycles. The molecule has 0 radical (unpaired) electrons. The summed E-state index contributed by atoms with van der Waals surface area (Å²) in [6.45, 7) is 4.58. The van der Waals surface area contributed by atoms with Crippen LogP contribution in [-0.2, 0) is 4.79 Å². The lowest BCUT2D eigenvalue weighted by Crippen LogP contribution is -2.33. The summed E-state index contributed by atoms with van der Waals surface area (Å²) in [6, 6.07) is 9.43. The van der Waals surface area contributed by atoms with Crippen LogP contribution in [0.5, 0.6) is 0 Å². The second kappa shape index (κ2) is 8.81. The lowest BCUT2D eigenvalue weighted by atomic mass is 10.0. The van der Waals surface area contributed by atoms with E-state index in [-0.39, 0.29) is 23.8 Å². The first-order chi connectivity index (χ1) is 13.0. The molecule has 0 bridgehead atoms. The molecule has 142 valence electrons. The highest BCUT2D eigenvalue weighted by Gasteiger charge is 2.21. The maximum absolute atomic E-state index is 12.4. The van der Waals surface area contributed by atoms with Crippen LogP contribution in [-0.4, -0.2) is 28.3 Å². The van der Waals surface area contributed by atoms with E-state index in [1.807, 2.05) is 35.0 Å². The van der Waals surface area contributed by atoms with Crippen LogP contribution >= 0.6 is 11.3 Å². The van der Waals surface area contributed by atoms with Gasteiger partial charge >= 0.3 is 0 Å². The molecule has 27 heavy (non-hydrogen) atoms. The Morgan fingerprint density at radius 3 is 2.74 bits per heavy atom. The number of hydrogen-bond donors (Lipinski definition) is 3. The van der Waals surface area contributed by atoms with Crippen molar-refractivity contribution in [2.24, 2.45) is 5.92 Å². The molecule has 1 unspecified atom stereocenters. The normalized spacial score (nSPS) is 12.3. The Morgan fingerprint density at radius 1 is 1.22 bits per heavy atom. The third-order valence-corrected chi connectivity index (χ3v) is 5.02. The fourth-order valence-electron chi connectivity index (χ4n) is 2.86. The average molecular weight is 385 g/mol. The zero-order chi connectivity index (χ0) is 19.2. The Balaban J connectivity index is 1.50. The van der Waals surface area contributed by atoms with Crippen LogP contribution in [0, 0.1) is 5.92 Å². The summed E-state index contributed by atoms with van der Waals surface area (Å²) in [5.41, 5.74) is 2.52. The first kappa shape index (κ1) is 19.1. The second-order valence-corrected chi connectivity index (χ2v) is 7.58. The lowest BCUT2D eigenvalue weighted by molar-refractivity contribution is -0.122. The van der Waals surface area contributed by atoms with Crippen molar-refractivity contribution >= 4 is 34.2 Å². The van der Waals surface area contributed by atoms with Crippen molar-refractivity contribution in [3.63, 3.8) is 0 Å². The molecular weight excluding hydrogens is 360 g/mol. The van der Waals surface area contributed by atoms with Crippen LogP contribution in [0.1, 0.15) is 48.9 Å². The van der Waals surface area contributed by atoms with Gasteiger partial charge in [0, 0.05) is 23.9 Å². The maximum Gasteiger partial charge on any atom is 0.252 e. The molecule has 7 heteroatoms. The number of nitrogens with zero attached hydrogens (tertiary/aromatic N) is 1. The number of imidazole rings is 1. The quantitative estimate of drug-likeness (QED) is 0.518. The van der Waals surface area contributed by atoms with E-state index in [2.05, 4.69) is 34.4 Å². The van der Waals surface area contributed by atoms with E-state index in [1.54, 1.807) is 6.07 Å². The van der Waals surface area contributed by atoms with E-state index in [9.17, 15) is 9.59 Å². The van der Waals surface area contributed by atoms with Gasteiger partial charge in [-0.15, -0.1) is 0 Å². The first-order valence-corrected chi connectivity index (χ1v) is 10.0. The minimum absolute atomic E-state index is 0.0426. The summed E-state index contributed by atoms with van der Waals surface area (Å²) in [5.74, 6) is 0.830. The number of amides is 2. The number of rotatable bonds is 8. The van der Waals surface area contributed by atoms with Crippen molar-refractivity contribution in [1.29, 1.82) is 0 Å². The van der Waals surface area contributed by atoms with E-state index in [1.165, 1.54) is 11.3 Å². The van der Waals surface area contributed by atoms with Crippen molar-refractivity contribution in [3.05, 3.63) is 52.5 Å². The van der Waals surface area contributed by atoms with Gasteiger partial charge < -0.3 is 15.6 Å². The molecular formula is C20H24N4O2S. The van der Waals surface area contributed by atoms with Gasteiger partial charge in [-0.25, -0.2) is 4.98 Å². The number of hydrogen-bond acceptors (Lipinski definition) is 4. The van der Waals surface area contributed by atoms with E-state index in [0.717, 1.165) is 16.9 Å². The Morgan fingerprint density at radius 2 is 2.04 bits per heavy atom. The van der Waals surface area contributed by atoms with E-state index >= 15 is 0 Å². The van der Waals surface area contributed by atoms with Gasteiger partial charge in [-0.05, 0) is 35.9 Å². The monoisotopic (exact) mass is 384 g/mol. The Labute approximate surface area is 162 Å². The maximum atomic E-state index is 12.4. The highest BCUT2D eigenvalue weighted by molar-refractivity contribution is 7.08. The summed E-state index contributed by atoms with van der Waals surface area (Å²) >= 11 is 1.49. The van der Waals surface area contributed by atoms with E-state index in [4.69, 9.17) is 0 Å². The second-order valence-electron chi connectivity index (χ2n) is 6.80. The van der Waals surface area contributed by atoms with Crippen molar-refractivity contribution in [1.82, 2.24) is 20.6 Å². The van der Waals surface area contributed by atoms with Gasteiger partial charge in [-0.2, -0.15) is 11.3 Å². The molecule has 2 aromatic heterocycles. The fraction of sp³-hybridized carbons (Fsp3) is 0.350. The molecule has 1 aromatic carbocycles. The van der Waals surface area contributed by atoms with Gasteiger partial charge in [0.05, 0.1) is 17.1 Å². The largest absolute Gasteiger partial charge is 0.352 e. The lowest BCUT2D eigenvalue weighted by Gasteiger charge is -2.20. The van der Waals surface area contributed by atoms with Gasteiger partial charge in [-0.3, -0.25) is 9.59 Å². The summed E-state index contributed by atoms with van der Waals surface area (Å²) in [5, 5.41) is 9.58. The van der Waals surface area contributed by atoms with Gasteiger partial charge in [0.2, 0.25) is 5.91 Å². The molecule has 3 N–H and O–H groups in total. The smallest absolute Gasteiger partial charge is 0.252 e. The number of para-hydroxylation sites is 2. The van der Waals surface area contributed by atoms with Gasteiger partial charge in [0.1, 0.15) is 5.82 Å². The summed E-state index contributed by atoms with van der Waals surface area (Å²) < 4.78 is 0. The van der Waals surface area contributed by atoms with E-state index < -0.39 is 0 Å². The minimum atomic E-state index is -0.176. The highest BCUT2D eigenvalue weighted by Crippen LogP contribution is 2.22. The van der Waals surface area contributed by atoms with Crippen LogP contribution in [0.2, 0.25) is 0 Å². The molecule has 6 nitrogen and oxygen atoms in total. The number of thiophene rings is 1. The molecule has 0 aliphatic rings. The van der Waals surface area contributed by atoms with Crippen molar-refractivity contribution < 1.29 is 9.59 Å². The van der Waals surface area contributed by atoms with Gasteiger partial charge in [-0.1, -0.05) is 26.0 Å². The topological polar surface area (TPSA) is 86.9 Å². The van der Waals surface area contributed by atoms with Crippen molar-refractivity contribution in [2.45, 2.75) is 32.7 Å². The van der Waals surface area contributed by atoms with Crippen LogP contribution < -0.4 is 10.6 Å². The van der Waals surface area contributed by atoms with Crippen LogP contribution in [0.4, 0.5) is 0 Å². The summed E-state index contributed by atoms with van der Waals surface area (Å²) in [7, 11) is 0. The standard InChI is InChI=1S/C20H24N4O2S/c1-13(2)18(19-22-15-6-3-4-7-16(15)23-19)24-17(25)8-5-10-21-20(26)14-9-11-27-12-14/h3-4,6-7,9,11-13,18H,5,8,10H2,1-2H3,(H,21,26)(H,22,23)(H,24,25). The van der Waals surface area contributed by atoms with E-state index in [0.29, 0.717) is 24.9 Å². The number of aromatic nitrogens is 2. The molecule has 2 amide bonds. The van der Waals surface area contributed by atoms with Crippen LogP contribution in [0.15, 0.2) is 41.1 Å². The average Bonchev–Trinajstić information content (AvgIpc) is 3.32. The molecule has 0 aliphatic carbocycles. The molecule has 0 aliphatic heterocycles. The number of fused-ring (bicyclic) bond motifs is 1. The Bertz CT molecular complexity index is 869. The zero-order valence-corrected chi connectivity index (χ0v) is 16.3. The fourth-order valence-corrected chi connectivity index (χ4v) is 3.50. The predicted octanol–water partition coefficient (Wildman–Crippen LogP) is 3.65. The van der Waals surface area contributed by atoms with Gasteiger partial charge in [0.25, 0.3) is 5.91 Å². The SMILES string of the molecule is CC(C)C(NC(=O)CCCNC(=O)c1ccsc1)c1nc2ccccc2[nH]1. The minimum Gasteiger partial charge on any atom is -0.352 e. The molecule has 3 rings (SSSR count). The summed E-state index contributed by atoms with van der Waals surface area (Å²) in [6.07, 6.45) is 0.944. The molecule has 2 heterocycles. The van der Waals surface area contributed by atoms with Crippen molar-refractivity contribution in [3.8, 4) is 0 Å². The number of aromatic amines is 1. The van der Waals surface area contributed by atoms with Crippen LogP contribution in [0.25, 0.3) is 11.0 Å². The Hall–Kier alpha value is -2.67. The van der Waals surface area contributed by atoms with Crippen molar-refractivity contribution in [2.75, 3.05) is 6.54 Å². The number of benzene rings is 1. The molecule has 1 atom stereocenters. The number of carbonyl (C=O) groups excluding carboxylic acids is 2. The Kier molecular flexibility index (Phi) is 6.24. The summed E-state index contributed by atoms with van der Waals surface area (Å²) in [4.78, 5) is 32.1. The molecule has 0 fully saturated rings. The molecule has 0 spiro atoms. The highest BCUT2D eigenvalue weighted by atomic mass is 32.1. The number of carbonyl (C=O) groups is 2. The number of H-pyrrole nitrogens is 1. The third kappa shape index (κ3) is 4.95. The predicted molar refractivity (Wildman–Crippen MR) is 108 cm³/mol. The third-order valence-electron chi connectivity index (χ3n) is 4.33. The first-order valence-electron chi connectivity index (χ1n) is 9.09. The molecule has 0 saturated carbocycles. The number of nitrogens with one attached hydrogen (secondary N) is 3.